The molecular formula is C20H26N2O3S. The van der Waals surface area contributed by atoms with E-state index in [1.54, 1.807) is 7.11 Å². The van der Waals surface area contributed by atoms with E-state index in [4.69, 9.17) is 4.74 Å². The lowest BCUT2D eigenvalue weighted by Gasteiger charge is -2.33. The molecule has 1 heterocycles. The lowest BCUT2D eigenvalue weighted by molar-refractivity contribution is 0.0893. The molecule has 0 aromatic heterocycles. The van der Waals surface area contributed by atoms with Gasteiger partial charge in [0, 0.05) is 31.6 Å². The van der Waals surface area contributed by atoms with Gasteiger partial charge in [-0.2, -0.15) is 0 Å². The van der Waals surface area contributed by atoms with Crippen LogP contribution in [0.25, 0.3) is 0 Å². The van der Waals surface area contributed by atoms with Gasteiger partial charge in [0.1, 0.15) is 0 Å². The van der Waals surface area contributed by atoms with E-state index in [1.165, 1.54) is 0 Å². The van der Waals surface area contributed by atoms with Crippen molar-refractivity contribution in [3.63, 3.8) is 0 Å². The highest BCUT2D eigenvalue weighted by atomic mass is 32.2. The van der Waals surface area contributed by atoms with Gasteiger partial charge in [0.05, 0.1) is 11.9 Å². The average Bonchev–Trinajstić information content (AvgIpc) is 2.68. The summed E-state index contributed by atoms with van der Waals surface area (Å²) in [5, 5.41) is 0. The highest BCUT2D eigenvalue weighted by molar-refractivity contribution is 7.92. The number of nitrogens with zero attached hydrogens (tertiary/aromatic N) is 1. The van der Waals surface area contributed by atoms with Gasteiger partial charge in [-0.15, -0.1) is 0 Å². The Bertz CT molecular complexity index is 792. The number of methoxy groups -OCH3 is 1. The Kier molecular flexibility index (Phi) is 6.16. The second-order valence-corrected chi connectivity index (χ2v) is 8.49. The molecule has 1 saturated heterocycles. The van der Waals surface area contributed by atoms with Gasteiger partial charge in [0.2, 0.25) is 10.0 Å². The maximum Gasteiger partial charge on any atom is 0.233 e. The van der Waals surface area contributed by atoms with E-state index < -0.39 is 10.0 Å². The molecule has 26 heavy (non-hydrogen) atoms. The van der Waals surface area contributed by atoms with Crippen LogP contribution in [0, 0.1) is 0 Å². The van der Waals surface area contributed by atoms with Crippen LogP contribution < -0.4 is 9.62 Å². The zero-order valence-electron chi connectivity index (χ0n) is 15.1. The van der Waals surface area contributed by atoms with Crippen LogP contribution in [0.2, 0.25) is 0 Å². The number of rotatable bonds is 7. The molecule has 6 heteroatoms. The lowest BCUT2D eigenvalue weighted by Crippen LogP contribution is -2.39. The predicted octanol–water partition coefficient (Wildman–Crippen LogP) is 3.29. The van der Waals surface area contributed by atoms with Crippen molar-refractivity contribution in [1.82, 2.24) is 0 Å². The fourth-order valence-corrected chi connectivity index (χ4v) is 4.33. The zero-order valence-corrected chi connectivity index (χ0v) is 15.9. The van der Waals surface area contributed by atoms with Crippen LogP contribution in [0.3, 0.4) is 0 Å². The monoisotopic (exact) mass is 374 g/mol. The van der Waals surface area contributed by atoms with Gasteiger partial charge >= 0.3 is 0 Å². The predicted molar refractivity (Wildman–Crippen MR) is 106 cm³/mol. The number of ether oxygens (including phenoxy) is 1. The van der Waals surface area contributed by atoms with Crippen molar-refractivity contribution < 1.29 is 13.2 Å². The van der Waals surface area contributed by atoms with E-state index in [-0.39, 0.29) is 11.9 Å². The molecule has 0 aliphatic carbocycles. The van der Waals surface area contributed by atoms with Crippen molar-refractivity contribution in [2.24, 2.45) is 0 Å². The van der Waals surface area contributed by atoms with Crippen LogP contribution in [0.15, 0.2) is 54.6 Å². The lowest BCUT2D eigenvalue weighted by atomic mass is 10.1. The van der Waals surface area contributed by atoms with Crippen molar-refractivity contribution in [3.05, 3.63) is 60.2 Å². The van der Waals surface area contributed by atoms with Crippen LogP contribution >= 0.6 is 0 Å². The molecule has 0 bridgehead atoms. The fourth-order valence-electron chi connectivity index (χ4n) is 3.23. The molecule has 1 N–H and O–H groups in total. The van der Waals surface area contributed by atoms with Crippen LogP contribution in [-0.2, 0) is 21.2 Å². The maximum atomic E-state index is 12.3. The Hall–Kier alpha value is -2.05. The quantitative estimate of drug-likeness (QED) is 0.808. The number of piperidine rings is 1. The first kappa shape index (κ1) is 18.7. The molecule has 2 aromatic carbocycles. The first-order valence-electron chi connectivity index (χ1n) is 8.98. The minimum Gasteiger partial charge on any atom is -0.380 e. The number of sulfonamides is 1. The number of benzene rings is 2. The third kappa shape index (κ3) is 5.22. The van der Waals surface area contributed by atoms with Crippen LogP contribution in [0.5, 0.6) is 0 Å². The van der Waals surface area contributed by atoms with Gasteiger partial charge in [-0.05, 0) is 49.1 Å². The topological polar surface area (TPSA) is 58.6 Å². The Labute approximate surface area is 156 Å². The molecule has 1 fully saturated rings. The highest BCUT2D eigenvalue weighted by Crippen LogP contribution is 2.23. The molecule has 1 aliphatic heterocycles. The molecule has 3 rings (SSSR count). The number of nitrogens with one attached hydrogen (secondary N) is 1. The minimum atomic E-state index is -3.37. The van der Waals surface area contributed by atoms with E-state index in [9.17, 15) is 8.42 Å². The first-order valence-corrected chi connectivity index (χ1v) is 10.6. The van der Waals surface area contributed by atoms with E-state index in [0.29, 0.717) is 12.1 Å². The third-order valence-electron chi connectivity index (χ3n) is 4.72. The second-order valence-electron chi connectivity index (χ2n) is 6.65. The molecule has 0 amide bonds. The third-order valence-corrected chi connectivity index (χ3v) is 6.01. The normalized spacial score (nSPS) is 17.9. The van der Waals surface area contributed by atoms with Gasteiger partial charge in [0.15, 0.2) is 0 Å². The van der Waals surface area contributed by atoms with Gasteiger partial charge < -0.3 is 9.64 Å². The number of hydrogen-bond donors (Lipinski definition) is 1. The minimum absolute atomic E-state index is 0.0698. The van der Waals surface area contributed by atoms with Crippen LogP contribution in [0.1, 0.15) is 18.4 Å². The molecule has 140 valence electrons. The zero-order chi connectivity index (χ0) is 18.4. The molecule has 2 aromatic rings. The van der Waals surface area contributed by atoms with Gasteiger partial charge in [-0.25, -0.2) is 8.42 Å². The van der Waals surface area contributed by atoms with E-state index in [2.05, 4.69) is 9.62 Å². The summed E-state index contributed by atoms with van der Waals surface area (Å²) in [7, 11) is -1.62. The summed E-state index contributed by atoms with van der Waals surface area (Å²) >= 11 is 0. The molecule has 1 atom stereocenters. The van der Waals surface area contributed by atoms with Crippen molar-refractivity contribution in [2.75, 3.05) is 35.6 Å². The average molecular weight is 375 g/mol. The SMILES string of the molecule is COC1CCCN(c2ccc(NS(=O)(=O)CCc3ccccc3)cc2)C1. The van der Waals surface area contributed by atoms with E-state index >= 15 is 0 Å². The van der Waals surface area contributed by atoms with Crippen molar-refractivity contribution >= 4 is 21.4 Å². The molecule has 1 unspecified atom stereocenters. The van der Waals surface area contributed by atoms with Gasteiger partial charge in [-0.3, -0.25) is 4.72 Å². The largest absolute Gasteiger partial charge is 0.380 e. The second kappa shape index (κ2) is 8.56. The standard InChI is InChI=1S/C20H26N2O3S/c1-25-20-8-5-14-22(16-20)19-11-9-18(10-12-19)21-26(23,24)15-13-17-6-3-2-4-7-17/h2-4,6-7,9-12,20-21H,5,8,13-16H2,1H3. The molecule has 5 nitrogen and oxygen atoms in total. The van der Waals surface area contributed by atoms with Crippen molar-refractivity contribution in [2.45, 2.75) is 25.4 Å². The summed E-state index contributed by atoms with van der Waals surface area (Å²) in [5.41, 5.74) is 2.71. The molecule has 0 spiro atoms. The van der Waals surface area contributed by atoms with Crippen LogP contribution in [0.4, 0.5) is 11.4 Å². The van der Waals surface area contributed by atoms with Gasteiger partial charge in [0.25, 0.3) is 0 Å². The summed E-state index contributed by atoms with van der Waals surface area (Å²) in [6, 6.07) is 17.2. The van der Waals surface area contributed by atoms with Gasteiger partial charge in [-0.1, -0.05) is 30.3 Å². The van der Waals surface area contributed by atoms with Crippen molar-refractivity contribution in [3.8, 4) is 0 Å². The summed E-state index contributed by atoms with van der Waals surface area (Å²) < 4.78 is 32.7. The number of anilines is 2. The maximum absolute atomic E-state index is 12.3. The Morgan fingerprint density at radius 1 is 1.12 bits per heavy atom. The Morgan fingerprint density at radius 3 is 2.54 bits per heavy atom. The summed E-state index contributed by atoms with van der Waals surface area (Å²) in [4.78, 5) is 2.28. The summed E-state index contributed by atoms with van der Waals surface area (Å²) in [6.45, 7) is 1.88. The summed E-state index contributed by atoms with van der Waals surface area (Å²) in [6.07, 6.45) is 2.96. The molecular weight excluding hydrogens is 348 g/mol. The van der Waals surface area contributed by atoms with Crippen LogP contribution in [-0.4, -0.2) is 40.5 Å². The summed E-state index contributed by atoms with van der Waals surface area (Å²) in [5.74, 6) is 0.0698. The Balaban J connectivity index is 1.58. The smallest absolute Gasteiger partial charge is 0.233 e. The van der Waals surface area contributed by atoms with E-state index in [0.717, 1.165) is 37.2 Å². The highest BCUT2D eigenvalue weighted by Gasteiger charge is 2.19. The van der Waals surface area contributed by atoms with Crippen molar-refractivity contribution in [1.29, 1.82) is 0 Å². The fraction of sp³-hybridized carbons (Fsp3) is 0.400. The number of hydrogen-bond acceptors (Lipinski definition) is 4. The van der Waals surface area contributed by atoms with E-state index in [1.807, 2.05) is 54.6 Å². The number of aryl methyl sites for hydroxylation is 1. The molecule has 0 saturated carbocycles. The first-order chi connectivity index (χ1) is 12.6. The molecule has 0 radical (unpaired) electrons. The molecule has 1 aliphatic rings. The Morgan fingerprint density at radius 2 is 1.85 bits per heavy atom.